The number of carbonyl (C=O) groups is 1. The van der Waals surface area contributed by atoms with Crippen molar-refractivity contribution in [2.24, 2.45) is 0 Å². The summed E-state index contributed by atoms with van der Waals surface area (Å²) < 4.78 is 11.2. The summed E-state index contributed by atoms with van der Waals surface area (Å²) in [7, 11) is 0. The first-order valence-corrected chi connectivity index (χ1v) is 12.3. The molecule has 2 aromatic heterocycles. The molecule has 0 saturated carbocycles. The lowest BCUT2D eigenvalue weighted by atomic mass is 9.99. The van der Waals surface area contributed by atoms with E-state index < -0.39 is 0 Å². The summed E-state index contributed by atoms with van der Waals surface area (Å²) in [5, 5.41) is 3.14. The number of morpholine rings is 1. The average Bonchev–Trinajstić information content (AvgIpc) is 3.47. The van der Waals surface area contributed by atoms with Gasteiger partial charge >= 0.3 is 6.09 Å². The maximum atomic E-state index is 12.7. The van der Waals surface area contributed by atoms with Crippen LogP contribution in [0.4, 0.5) is 22.5 Å². The number of nitrogens with two attached hydrogens (primary N) is 1. The minimum absolute atomic E-state index is 0.0182. The first-order valence-electron chi connectivity index (χ1n) is 12.3. The topological polar surface area (TPSA) is 135 Å². The van der Waals surface area contributed by atoms with E-state index in [2.05, 4.69) is 32.0 Å². The normalized spacial score (nSPS) is 24.4. The Bertz CT molecular complexity index is 1100. The van der Waals surface area contributed by atoms with Crippen molar-refractivity contribution in [3.05, 3.63) is 18.0 Å². The quantitative estimate of drug-likeness (QED) is 0.624. The molecule has 4 aliphatic rings. The van der Waals surface area contributed by atoms with Gasteiger partial charge in [-0.25, -0.2) is 19.7 Å². The van der Waals surface area contributed by atoms with Crippen LogP contribution in [0.2, 0.25) is 0 Å². The van der Waals surface area contributed by atoms with Crippen LogP contribution in [0.1, 0.15) is 18.9 Å². The highest BCUT2D eigenvalue weighted by Crippen LogP contribution is 2.41. The molecule has 4 aliphatic heterocycles. The third kappa shape index (κ3) is 4.10. The lowest BCUT2D eigenvalue weighted by Gasteiger charge is -2.37. The number of amides is 1. The third-order valence-electron chi connectivity index (χ3n) is 7.43. The number of aromatic nitrogens is 4. The minimum Gasteiger partial charge on any atom is -0.443 e. The molecule has 6 rings (SSSR count). The van der Waals surface area contributed by atoms with E-state index in [-0.39, 0.29) is 23.7 Å². The first-order chi connectivity index (χ1) is 17.0. The number of nitrogens with zero attached hydrogens (tertiary/aromatic N) is 7. The van der Waals surface area contributed by atoms with Crippen LogP contribution in [0.25, 0.3) is 11.3 Å². The molecule has 1 amide bonds. The van der Waals surface area contributed by atoms with E-state index in [0.717, 1.165) is 68.2 Å². The Kier molecular flexibility index (Phi) is 5.56. The Balaban J connectivity index is 1.32. The van der Waals surface area contributed by atoms with E-state index in [1.807, 2.05) is 4.90 Å². The summed E-state index contributed by atoms with van der Waals surface area (Å²) in [6, 6.07) is 0. The van der Waals surface area contributed by atoms with Gasteiger partial charge in [0.2, 0.25) is 11.9 Å². The number of nitrogens with one attached hydrogen (secondary N) is 1. The fraction of sp³-hybridized carbons (Fsp3) is 0.609. The molecule has 0 aromatic carbocycles. The molecule has 0 aliphatic carbocycles. The molecule has 2 aromatic rings. The number of ether oxygens (including phenoxy) is 2. The van der Waals surface area contributed by atoms with Crippen LogP contribution in [0.15, 0.2) is 12.4 Å². The van der Waals surface area contributed by atoms with Crippen molar-refractivity contribution >= 4 is 23.8 Å². The predicted molar refractivity (Wildman–Crippen MR) is 129 cm³/mol. The van der Waals surface area contributed by atoms with E-state index >= 15 is 0 Å². The van der Waals surface area contributed by atoms with Crippen molar-refractivity contribution in [2.75, 3.05) is 74.6 Å². The molecule has 3 fully saturated rings. The van der Waals surface area contributed by atoms with Gasteiger partial charge in [0.15, 0.2) is 0 Å². The van der Waals surface area contributed by atoms with E-state index in [4.69, 9.17) is 25.2 Å². The van der Waals surface area contributed by atoms with Crippen LogP contribution in [-0.4, -0.2) is 102 Å². The summed E-state index contributed by atoms with van der Waals surface area (Å²) in [4.78, 5) is 37.5. The largest absolute Gasteiger partial charge is 0.443 e. The van der Waals surface area contributed by atoms with Crippen LogP contribution < -0.4 is 20.9 Å². The smallest absolute Gasteiger partial charge is 0.410 e. The second kappa shape index (κ2) is 8.76. The molecule has 0 bridgehead atoms. The van der Waals surface area contributed by atoms with E-state index in [1.54, 1.807) is 12.4 Å². The van der Waals surface area contributed by atoms with Crippen molar-refractivity contribution < 1.29 is 14.3 Å². The lowest BCUT2D eigenvalue weighted by molar-refractivity contribution is 0.0428. The van der Waals surface area contributed by atoms with Gasteiger partial charge in [0, 0.05) is 69.3 Å². The summed E-state index contributed by atoms with van der Waals surface area (Å²) in [5.74, 6) is 1.84. The molecule has 186 valence electrons. The first kappa shape index (κ1) is 22.2. The second-order valence-corrected chi connectivity index (χ2v) is 9.84. The minimum atomic E-state index is -0.242. The maximum absolute atomic E-state index is 12.7. The van der Waals surface area contributed by atoms with E-state index in [9.17, 15) is 4.79 Å². The van der Waals surface area contributed by atoms with Crippen molar-refractivity contribution in [2.45, 2.75) is 31.4 Å². The van der Waals surface area contributed by atoms with Gasteiger partial charge in [-0.3, -0.25) is 0 Å². The van der Waals surface area contributed by atoms with Crippen LogP contribution in [-0.2, 0) is 15.9 Å². The van der Waals surface area contributed by atoms with E-state index in [0.29, 0.717) is 32.3 Å². The van der Waals surface area contributed by atoms with Gasteiger partial charge in [0.05, 0.1) is 24.4 Å². The summed E-state index contributed by atoms with van der Waals surface area (Å²) in [6.07, 6.45) is 4.86. The molecule has 35 heavy (non-hydrogen) atoms. The number of likely N-dealkylation sites (tertiary alicyclic amines) is 1. The number of nitrogen functional groups attached to an aromatic ring is 1. The molecule has 3 N–H and O–H groups in total. The second-order valence-electron chi connectivity index (χ2n) is 9.84. The number of fused-ring (bicyclic) bond motifs is 1. The van der Waals surface area contributed by atoms with Gasteiger partial charge < -0.3 is 35.2 Å². The van der Waals surface area contributed by atoms with Crippen molar-refractivity contribution in [3.63, 3.8) is 0 Å². The highest BCUT2D eigenvalue weighted by atomic mass is 16.6. The zero-order valence-corrected chi connectivity index (χ0v) is 19.9. The number of anilines is 3. The zero-order valence-electron chi connectivity index (χ0n) is 19.9. The Labute approximate surface area is 203 Å². The zero-order chi connectivity index (χ0) is 24.0. The predicted octanol–water partition coefficient (Wildman–Crippen LogP) is 0.288. The van der Waals surface area contributed by atoms with Gasteiger partial charge in [-0.05, 0) is 19.8 Å². The number of hydrogen-bond donors (Lipinski definition) is 2. The molecule has 0 unspecified atom stereocenters. The highest BCUT2D eigenvalue weighted by Gasteiger charge is 2.45. The molecule has 3 saturated heterocycles. The standard InChI is InChI=1S/C23H31N9O3/c1-23(3-5-31(14-23)22(33)35-16-12-25-13-16)32-4-2-17-18(15-10-26-20(24)27-11-15)28-21(29-19(17)32)30-6-8-34-9-7-30/h10-11,16,25H,2-9,12-14H2,1H3,(H2,24,26,27)/t23-/m0/s1. The average molecular weight is 482 g/mol. The molecule has 0 radical (unpaired) electrons. The molecule has 1 atom stereocenters. The molecule has 0 spiro atoms. The van der Waals surface area contributed by atoms with E-state index in [1.165, 1.54) is 0 Å². The number of rotatable bonds is 4. The van der Waals surface area contributed by atoms with Crippen LogP contribution in [0.5, 0.6) is 0 Å². The van der Waals surface area contributed by atoms with Crippen LogP contribution in [0, 0.1) is 0 Å². The lowest BCUT2D eigenvalue weighted by Crippen LogP contribution is -2.52. The van der Waals surface area contributed by atoms with Gasteiger partial charge in [-0.15, -0.1) is 0 Å². The van der Waals surface area contributed by atoms with Crippen molar-refractivity contribution in [3.8, 4) is 11.3 Å². The fourth-order valence-corrected chi connectivity index (χ4v) is 5.26. The summed E-state index contributed by atoms with van der Waals surface area (Å²) in [6.45, 7) is 8.53. The Morgan fingerprint density at radius 2 is 1.94 bits per heavy atom. The number of hydrogen-bond acceptors (Lipinski definition) is 11. The molecule has 6 heterocycles. The molecule has 12 nitrogen and oxygen atoms in total. The Morgan fingerprint density at radius 1 is 1.17 bits per heavy atom. The van der Waals surface area contributed by atoms with Crippen LogP contribution >= 0.6 is 0 Å². The van der Waals surface area contributed by atoms with Crippen LogP contribution in [0.3, 0.4) is 0 Å². The maximum Gasteiger partial charge on any atom is 0.410 e. The molecular formula is C23H31N9O3. The van der Waals surface area contributed by atoms with Gasteiger partial charge in [0.25, 0.3) is 0 Å². The summed E-state index contributed by atoms with van der Waals surface area (Å²) >= 11 is 0. The molecular weight excluding hydrogens is 450 g/mol. The summed E-state index contributed by atoms with van der Waals surface area (Å²) in [5.41, 5.74) is 8.24. The van der Waals surface area contributed by atoms with Crippen molar-refractivity contribution in [1.82, 2.24) is 30.2 Å². The molecule has 12 heteroatoms. The highest BCUT2D eigenvalue weighted by molar-refractivity contribution is 5.74. The van der Waals surface area contributed by atoms with Gasteiger partial charge in [-0.2, -0.15) is 4.98 Å². The van der Waals surface area contributed by atoms with Crippen molar-refractivity contribution in [1.29, 1.82) is 0 Å². The third-order valence-corrected chi connectivity index (χ3v) is 7.43. The van der Waals surface area contributed by atoms with Gasteiger partial charge in [0.1, 0.15) is 11.9 Å². The van der Waals surface area contributed by atoms with Gasteiger partial charge in [-0.1, -0.05) is 0 Å². The Hall–Kier alpha value is -3.25. The SMILES string of the molecule is C[C@]1(N2CCc3c(-c4cnc(N)nc4)nc(N4CCOCC4)nc32)CCN(C(=O)OC2CNC2)C1. The monoisotopic (exact) mass is 481 g/mol. The Morgan fingerprint density at radius 3 is 2.66 bits per heavy atom. The number of carbonyl (C=O) groups excluding carboxylic acids is 1. The fourth-order valence-electron chi connectivity index (χ4n) is 5.26.